The molecule has 1 aromatic carbocycles. The highest BCUT2D eigenvalue weighted by atomic mass is 16.7. The Bertz CT molecular complexity index is 2280. The molecule has 3 aromatic heterocycles. The van der Waals surface area contributed by atoms with Gasteiger partial charge in [-0.3, -0.25) is 29.6 Å². The van der Waals surface area contributed by atoms with Crippen molar-refractivity contribution in [3.8, 4) is 0 Å². The number of carbonyl (C=O) groups excluding carboxylic acids is 4. The summed E-state index contributed by atoms with van der Waals surface area (Å²) in [6.45, 7) is 7.58. The van der Waals surface area contributed by atoms with Crippen LogP contribution in [0.25, 0.3) is 5.65 Å². The normalized spacial score (nSPS) is 22.3. The number of aromatic nitrogens is 4. The molecule has 3 atom stereocenters. The van der Waals surface area contributed by atoms with Gasteiger partial charge in [0.1, 0.15) is 17.8 Å². The van der Waals surface area contributed by atoms with Gasteiger partial charge in [-0.05, 0) is 87.4 Å². The first-order valence-electron chi connectivity index (χ1n) is 20.0. The monoisotopic (exact) mass is 790 g/mol. The lowest BCUT2D eigenvalue weighted by Gasteiger charge is -2.36. The molecule has 4 aromatic rings. The van der Waals surface area contributed by atoms with E-state index in [0.29, 0.717) is 53.7 Å². The van der Waals surface area contributed by atoms with Gasteiger partial charge in [0, 0.05) is 63.1 Å². The van der Waals surface area contributed by atoms with Crippen LogP contribution >= 0.6 is 0 Å². The van der Waals surface area contributed by atoms with Gasteiger partial charge >= 0.3 is 6.03 Å². The van der Waals surface area contributed by atoms with Crippen molar-refractivity contribution in [1.29, 1.82) is 0 Å². The number of amidine groups is 1. The van der Waals surface area contributed by atoms with Crippen LogP contribution in [0.2, 0.25) is 0 Å². The van der Waals surface area contributed by atoms with Crippen LogP contribution in [0.1, 0.15) is 83.9 Å². The van der Waals surface area contributed by atoms with Crippen molar-refractivity contribution < 1.29 is 28.8 Å². The predicted molar refractivity (Wildman–Crippen MR) is 212 cm³/mol. The summed E-state index contributed by atoms with van der Waals surface area (Å²) < 4.78 is 7.63. The van der Waals surface area contributed by atoms with E-state index in [1.165, 1.54) is 0 Å². The second-order valence-corrected chi connectivity index (χ2v) is 15.3. The Morgan fingerprint density at radius 2 is 1.88 bits per heavy atom. The molecule has 3 fully saturated rings. The van der Waals surface area contributed by atoms with Crippen LogP contribution in [0.5, 0.6) is 0 Å². The molecule has 0 bridgehead atoms. The smallest absolute Gasteiger partial charge is 0.323 e. The van der Waals surface area contributed by atoms with E-state index in [1.807, 2.05) is 31.2 Å². The number of hydroxylamine groups is 1. The first-order chi connectivity index (χ1) is 28.3. The molecule has 5 aliphatic rings. The van der Waals surface area contributed by atoms with Gasteiger partial charge in [-0.2, -0.15) is 5.10 Å². The Balaban J connectivity index is 0.716. The van der Waals surface area contributed by atoms with Crippen molar-refractivity contribution in [3.05, 3.63) is 77.0 Å². The third-order valence-corrected chi connectivity index (χ3v) is 11.5. The van der Waals surface area contributed by atoms with Gasteiger partial charge in [0.2, 0.25) is 11.8 Å². The average molecular weight is 791 g/mol. The molecule has 0 spiro atoms. The van der Waals surface area contributed by atoms with E-state index in [1.54, 1.807) is 28.0 Å². The molecule has 3 saturated heterocycles. The van der Waals surface area contributed by atoms with Crippen LogP contribution in [0.4, 0.5) is 21.9 Å². The molecule has 8 heterocycles. The fraction of sp³-hybridized carbons (Fsp3) is 0.450. The van der Waals surface area contributed by atoms with Gasteiger partial charge in [-0.25, -0.2) is 29.6 Å². The lowest BCUT2D eigenvalue weighted by molar-refractivity contribution is -0.136. The van der Waals surface area contributed by atoms with Crippen molar-refractivity contribution in [3.63, 3.8) is 0 Å². The van der Waals surface area contributed by atoms with E-state index in [-0.39, 0.29) is 30.6 Å². The van der Waals surface area contributed by atoms with Crippen molar-refractivity contribution in [2.75, 3.05) is 54.9 Å². The lowest BCUT2D eigenvalue weighted by atomic mass is 10.0. The molecule has 5 amide bonds. The molecule has 9 rings (SSSR count). The number of aliphatic imine (C=N–C) groups is 1. The number of aryl methyl sites for hydroxylation is 1. The Morgan fingerprint density at radius 1 is 1.00 bits per heavy atom. The van der Waals surface area contributed by atoms with Crippen molar-refractivity contribution in [2.45, 2.75) is 76.8 Å². The number of rotatable bonds is 11. The maximum Gasteiger partial charge on any atom is 0.323 e. The summed E-state index contributed by atoms with van der Waals surface area (Å²) in [7, 11) is 0. The molecule has 5 aliphatic heterocycles. The maximum atomic E-state index is 13.1. The first kappa shape index (κ1) is 37.6. The highest BCUT2D eigenvalue weighted by Gasteiger charge is 2.39. The van der Waals surface area contributed by atoms with Gasteiger partial charge in [0.15, 0.2) is 17.7 Å². The zero-order valence-electron chi connectivity index (χ0n) is 32.3. The largest absolute Gasteiger partial charge is 0.372 e. The molecule has 4 N–H and O–H groups in total. The van der Waals surface area contributed by atoms with E-state index in [9.17, 15) is 19.2 Å². The summed E-state index contributed by atoms with van der Waals surface area (Å²) in [4.78, 5) is 76.2. The second-order valence-electron chi connectivity index (χ2n) is 15.3. The Kier molecular flexibility index (Phi) is 10.4. The molecule has 18 nitrogen and oxygen atoms in total. The van der Waals surface area contributed by atoms with Crippen molar-refractivity contribution in [2.24, 2.45) is 4.99 Å². The summed E-state index contributed by atoms with van der Waals surface area (Å²) >= 11 is 0. The number of anilines is 3. The molecule has 3 unspecified atom stereocenters. The number of urea groups is 1. The molecular formula is C40H46N12O6. The number of unbranched alkanes of at least 4 members (excludes halogenated alkanes) is 1. The van der Waals surface area contributed by atoms with Crippen LogP contribution in [-0.4, -0.2) is 111 Å². The number of amides is 5. The zero-order valence-corrected chi connectivity index (χ0v) is 32.3. The number of nitrogens with one attached hydrogen (secondary N) is 4. The van der Waals surface area contributed by atoms with Crippen LogP contribution in [-0.2, 0) is 25.7 Å². The number of carbonyl (C=O) groups is 4. The SMILES string of the molecule is Cc1cc(NC(=O)Nc2cnc3ccnn3c2C2CCCO2)cnc1C1=NC(CCCCN2CCN(c3ccc4c(c3)CN(C3CCC(=O)NC3=O)C4=O)CC2)ON1. The fourth-order valence-corrected chi connectivity index (χ4v) is 8.46. The van der Waals surface area contributed by atoms with Crippen LogP contribution in [0, 0.1) is 6.92 Å². The summed E-state index contributed by atoms with van der Waals surface area (Å²) in [6, 6.07) is 8.56. The van der Waals surface area contributed by atoms with Crippen molar-refractivity contribution in [1.82, 2.24) is 40.2 Å². The van der Waals surface area contributed by atoms with E-state index in [2.05, 4.69) is 52.4 Å². The van der Waals surface area contributed by atoms with Crippen LogP contribution in [0.3, 0.4) is 0 Å². The third-order valence-electron chi connectivity index (χ3n) is 11.5. The van der Waals surface area contributed by atoms with Crippen molar-refractivity contribution >= 4 is 52.3 Å². The number of hydrogen-bond acceptors (Lipinski definition) is 13. The Labute approximate surface area is 334 Å². The molecule has 0 aliphatic carbocycles. The summed E-state index contributed by atoms with van der Waals surface area (Å²) in [5, 5.41) is 12.5. The molecule has 0 radical (unpaired) electrons. The molecule has 18 heteroatoms. The van der Waals surface area contributed by atoms with Crippen LogP contribution in [0.15, 0.2) is 53.9 Å². The zero-order chi connectivity index (χ0) is 39.8. The number of ether oxygens (including phenoxy) is 1. The van der Waals surface area contributed by atoms with E-state index in [4.69, 9.17) is 14.6 Å². The van der Waals surface area contributed by atoms with E-state index >= 15 is 0 Å². The third kappa shape index (κ3) is 7.69. The molecule has 58 heavy (non-hydrogen) atoms. The Morgan fingerprint density at radius 3 is 2.69 bits per heavy atom. The number of piperidine rings is 1. The average Bonchev–Trinajstić information content (AvgIpc) is 4.06. The van der Waals surface area contributed by atoms with Gasteiger partial charge in [0.25, 0.3) is 5.91 Å². The standard InChI is InChI=1S/C40H46N12O6/c1-24-19-26(44-40(56)45-29-22-41-32-11-12-43-52(32)36(29)31-5-4-18-57-31)21-42-35(24)37-47-34(58-48-37)6-2-3-13-49-14-16-50(17-15-49)27-7-8-28-25(20-27)23-51(39(28)55)30-9-10-33(53)46-38(30)54/h7-8,11-12,19-22,30-31,34H,2-6,9-10,13-18,23H2,1H3,(H,47,48)(H2,44,45,56)(H,46,53,54). The number of nitrogens with zero attached hydrogens (tertiary/aromatic N) is 8. The molecule has 0 saturated carbocycles. The number of imide groups is 1. The second kappa shape index (κ2) is 16.1. The van der Waals surface area contributed by atoms with Gasteiger partial charge in [0.05, 0.1) is 35.7 Å². The minimum absolute atomic E-state index is 0.151. The highest BCUT2D eigenvalue weighted by Crippen LogP contribution is 2.34. The highest BCUT2D eigenvalue weighted by molar-refractivity contribution is 6.05. The number of pyridine rings is 1. The topological polar surface area (TPSA) is 200 Å². The number of fused-ring (bicyclic) bond motifs is 2. The van der Waals surface area contributed by atoms with Gasteiger partial charge in [-0.1, -0.05) is 0 Å². The first-order valence-corrected chi connectivity index (χ1v) is 20.0. The Hall–Kier alpha value is -5.98. The van der Waals surface area contributed by atoms with Gasteiger partial charge < -0.3 is 25.2 Å². The lowest BCUT2D eigenvalue weighted by Crippen LogP contribution is -2.52. The quantitative estimate of drug-likeness (QED) is 0.128. The minimum Gasteiger partial charge on any atom is -0.372 e. The number of piperazine rings is 1. The summed E-state index contributed by atoms with van der Waals surface area (Å²) in [6.07, 6.45) is 9.53. The summed E-state index contributed by atoms with van der Waals surface area (Å²) in [5.41, 5.74) is 9.59. The molecular weight excluding hydrogens is 745 g/mol. The minimum atomic E-state index is -0.610. The summed E-state index contributed by atoms with van der Waals surface area (Å²) in [5.74, 6) is -0.267. The number of hydrogen-bond donors (Lipinski definition) is 4. The molecule has 302 valence electrons. The van der Waals surface area contributed by atoms with Crippen LogP contribution < -0.4 is 26.3 Å². The van der Waals surface area contributed by atoms with Gasteiger partial charge in [-0.15, -0.1) is 0 Å². The maximum absolute atomic E-state index is 13.1. The van der Waals surface area contributed by atoms with E-state index < -0.39 is 18.0 Å². The fourth-order valence-electron chi connectivity index (χ4n) is 8.46. The van der Waals surface area contributed by atoms with E-state index in [0.717, 1.165) is 87.3 Å². The predicted octanol–water partition coefficient (Wildman–Crippen LogP) is 3.29. The number of benzene rings is 1.